The highest BCUT2D eigenvalue weighted by Gasteiger charge is 2.81. The number of hydrogen-bond donors (Lipinski definition) is 2. The molecule has 0 heterocycles. The summed E-state index contributed by atoms with van der Waals surface area (Å²) in [7, 11) is 0. The minimum atomic E-state index is -7.48. The summed E-state index contributed by atoms with van der Waals surface area (Å²) >= 11 is 0. The van der Waals surface area contributed by atoms with Crippen LogP contribution in [-0.2, 0) is 9.53 Å². The van der Waals surface area contributed by atoms with Gasteiger partial charge in [-0.05, 0) is 0 Å². The van der Waals surface area contributed by atoms with Gasteiger partial charge in [-0.2, -0.15) is 57.1 Å². The van der Waals surface area contributed by atoms with Gasteiger partial charge in [0.15, 0.2) is 0 Å². The molecule has 1 unspecified atom stereocenters. The second-order valence-corrected chi connectivity index (χ2v) is 3.74. The molecule has 4 N–H and O–H groups in total. The van der Waals surface area contributed by atoms with Crippen molar-refractivity contribution in [3.05, 3.63) is 11.9 Å². The molecule has 0 aliphatic heterocycles. The van der Waals surface area contributed by atoms with Crippen molar-refractivity contribution >= 4 is 5.97 Å². The molecule has 0 aromatic rings. The predicted molar refractivity (Wildman–Crippen MR) is 48.8 cm³/mol. The summed E-state index contributed by atoms with van der Waals surface area (Å²) in [5.41, 5.74) is 0. The fraction of sp³-hybridized carbons (Fsp3) is 0.625. The van der Waals surface area contributed by atoms with Crippen LogP contribution in [0.1, 0.15) is 0 Å². The van der Waals surface area contributed by atoms with Gasteiger partial charge in [0.25, 0.3) is 0 Å². The van der Waals surface area contributed by atoms with Crippen molar-refractivity contribution in [1.29, 1.82) is 0 Å². The number of carboxylic acids is 1. The van der Waals surface area contributed by atoms with Crippen LogP contribution in [0.15, 0.2) is 11.9 Å². The Morgan fingerprint density at radius 3 is 1.36 bits per heavy atom. The standard InChI is InChI=1S/C8HF13O3.H3N/c9-1(2(10)11)4(12,13)6(16,7(17,18)19)24-8(20,21)5(14,15)3(22)23;/h(H,22,23);1H3. The minimum Gasteiger partial charge on any atom is -0.477 e. The zero-order valence-electron chi connectivity index (χ0n) is 10.9. The molecule has 0 bridgehead atoms. The van der Waals surface area contributed by atoms with Gasteiger partial charge in [0, 0.05) is 0 Å². The first-order valence-electron chi connectivity index (χ1n) is 4.79. The zero-order chi connectivity index (χ0) is 19.9. The Morgan fingerprint density at radius 2 is 1.12 bits per heavy atom. The van der Waals surface area contributed by atoms with Crippen molar-refractivity contribution in [3.63, 3.8) is 0 Å². The van der Waals surface area contributed by atoms with E-state index >= 15 is 0 Å². The van der Waals surface area contributed by atoms with Crippen LogP contribution in [0.4, 0.5) is 57.1 Å². The van der Waals surface area contributed by atoms with E-state index in [1.165, 1.54) is 4.74 Å². The van der Waals surface area contributed by atoms with E-state index in [9.17, 15) is 61.9 Å². The van der Waals surface area contributed by atoms with Crippen LogP contribution >= 0.6 is 0 Å². The Labute approximate surface area is 127 Å². The van der Waals surface area contributed by atoms with Gasteiger partial charge in [-0.25, -0.2) is 4.79 Å². The lowest BCUT2D eigenvalue weighted by Gasteiger charge is -2.36. The molecule has 0 rings (SSSR count). The number of carbonyl (C=O) groups is 1. The number of rotatable bonds is 6. The normalized spacial score (nSPS) is 15.9. The van der Waals surface area contributed by atoms with Crippen LogP contribution in [0.25, 0.3) is 0 Å². The average molecular weight is 409 g/mol. The summed E-state index contributed by atoms with van der Waals surface area (Å²) in [6.45, 7) is 0. The lowest BCUT2D eigenvalue weighted by Crippen LogP contribution is -2.64. The minimum absolute atomic E-state index is 0. The van der Waals surface area contributed by atoms with Crippen molar-refractivity contribution in [2.24, 2.45) is 0 Å². The van der Waals surface area contributed by atoms with Gasteiger partial charge in [0.05, 0.1) is 0 Å². The van der Waals surface area contributed by atoms with E-state index in [2.05, 4.69) is 0 Å². The summed E-state index contributed by atoms with van der Waals surface area (Å²) < 4.78 is 163. The van der Waals surface area contributed by atoms with Crippen LogP contribution < -0.4 is 6.15 Å². The van der Waals surface area contributed by atoms with Crippen molar-refractivity contribution in [2.75, 3.05) is 0 Å². The third-order valence-corrected chi connectivity index (χ3v) is 2.11. The quantitative estimate of drug-likeness (QED) is 0.637. The third kappa shape index (κ3) is 4.07. The number of alkyl halides is 10. The molecule has 17 heteroatoms. The SMILES string of the molecule is N.O=C(O)C(F)(F)C(F)(F)OC(F)(C(F)(F)F)C(F)(F)C(F)=C(F)F. The maximum absolute atomic E-state index is 13.3. The molecule has 4 nitrogen and oxygen atoms in total. The smallest absolute Gasteiger partial charge is 0.455 e. The Kier molecular flexibility index (Phi) is 6.98. The van der Waals surface area contributed by atoms with E-state index in [-0.39, 0.29) is 6.15 Å². The number of halogens is 13. The van der Waals surface area contributed by atoms with Crippen molar-refractivity contribution < 1.29 is 71.7 Å². The highest BCUT2D eigenvalue weighted by atomic mass is 19.4. The van der Waals surface area contributed by atoms with Crippen LogP contribution in [0, 0.1) is 0 Å². The molecule has 0 aromatic heterocycles. The van der Waals surface area contributed by atoms with E-state index in [0.717, 1.165) is 0 Å². The first-order chi connectivity index (χ1) is 10.3. The zero-order valence-corrected chi connectivity index (χ0v) is 10.9. The Hall–Kier alpha value is -1.78. The van der Waals surface area contributed by atoms with Gasteiger partial charge in [-0.15, -0.1) is 0 Å². The predicted octanol–water partition coefficient (Wildman–Crippen LogP) is 4.42. The van der Waals surface area contributed by atoms with Crippen LogP contribution in [0.3, 0.4) is 0 Å². The lowest BCUT2D eigenvalue weighted by atomic mass is 10.1. The van der Waals surface area contributed by atoms with Gasteiger partial charge in [0.1, 0.15) is 0 Å². The maximum atomic E-state index is 13.3. The summed E-state index contributed by atoms with van der Waals surface area (Å²) in [5, 5.41) is 7.67. The van der Waals surface area contributed by atoms with E-state index in [1.54, 1.807) is 0 Å². The van der Waals surface area contributed by atoms with E-state index < -0.39 is 47.9 Å². The third-order valence-electron chi connectivity index (χ3n) is 2.11. The van der Waals surface area contributed by atoms with Gasteiger partial charge in [-0.1, -0.05) is 0 Å². The summed E-state index contributed by atoms with van der Waals surface area (Å²) in [5.74, 6) is -30.0. The van der Waals surface area contributed by atoms with Crippen molar-refractivity contribution in [1.82, 2.24) is 6.15 Å². The molecule has 0 amide bonds. The largest absolute Gasteiger partial charge is 0.477 e. The number of ether oxygens (including phenoxy) is 1. The van der Waals surface area contributed by atoms with Gasteiger partial charge in [-0.3, -0.25) is 4.74 Å². The molecule has 0 saturated carbocycles. The Morgan fingerprint density at radius 1 is 0.760 bits per heavy atom. The monoisotopic (exact) mass is 409 g/mol. The lowest BCUT2D eigenvalue weighted by molar-refractivity contribution is -0.478. The maximum Gasteiger partial charge on any atom is 0.455 e. The fourth-order valence-electron chi connectivity index (χ4n) is 0.925. The molecule has 0 aromatic carbocycles. The van der Waals surface area contributed by atoms with Gasteiger partial charge >= 0.3 is 42.0 Å². The van der Waals surface area contributed by atoms with Crippen molar-refractivity contribution in [3.8, 4) is 0 Å². The van der Waals surface area contributed by atoms with E-state index in [0.29, 0.717) is 0 Å². The second-order valence-electron chi connectivity index (χ2n) is 3.74. The first-order valence-corrected chi connectivity index (χ1v) is 4.79. The van der Waals surface area contributed by atoms with Gasteiger partial charge in [0.2, 0.25) is 5.83 Å². The molecule has 0 radical (unpaired) electrons. The summed E-state index contributed by atoms with van der Waals surface area (Å²) in [4.78, 5) is 9.79. The topological polar surface area (TPSA) is 81.5 Å². The molecule has 0 aliphatic rings. The first kappa shape index (κ1) is 25.5. The number of hydrogen-bond acceptors (Lipinski definition) is 3. The van der Waals surface area contributed by atoms with Crippen LogP contribution in [0.2, 0.25) is 0 Å². The molecular weight excluding hydrogens is 405 g/mol. The Balaban J connectivity index is 0. The molecule has 0 saturated heterocycles. The molecule has 25 heavy (non-hydrogen) atoms. The van der Waals surface area contributed by atoms with Crippen LogP contribution in [-0.4, -0.2) is 41.1 Å². The highest BCUT2D eigenvalue weighted by Crippen LogP contribution is 2.54. The highest BCUT2D eigenvalue weighted by molar-refractivity contribution is 5.76. The van der Waals surface area contributed by atoms with Gasteiger partial charge < -0.3 is 11.3 Å². The van der Waals surface area contributed by atoms with E-state index in [1.807, 2.05) is 0 Å². The summed E-state index contributed by atoms with van der Waals surface area (Å²) in [6.07, 6.45) is -19.0. The molecule has 1 atom stereocenters. The number of carboxylic acid groups (broad SMARTS) is 1. The molecule has 0 fully saturated rings. The summed E-state index contributed by atoms with van der Waals surface area (Å²) in [6, 6.07) is 0. The average Bonchev–Trinajstić information content (AvgIpc) is 2.34. The Bertz CT molecular complexity index is 538. The fourth-order valence-corrected chi connectivity index (χ4v) is 0.925. The second kappa shape index (κ2) is 6.85. The molecule has 150 valence electrons. The molecule has 0 aliphatic carbocycles. The van der Waals surface area contributed by atoms with Crippen molar-refractivity contribution in [2.45, 2.75) is 30.0 Å². The molecule has 0 spiro atoms. The molecular formula is C8H4F13NO3. The number of aliphatic carboxylic acids is 1. The van der Waals surface area contributed by atoms with E-state index in [4.69, 9.17) is 5.11 Å². The van der Waals surface area contributed by atoms with Crippen LogP contribution in [0.5, 0.6) is 0 Å².